The van der Waals surface area contributed by atoms with Gasteiger partial charge in [-0.15, -0.1) is 0 Å². The number of nitrogens with zero attached hydrogens (tertiary/aromatic N) is 1. The van der Waals surface area contributed by atoms with E-state index < -0.39 is 12.1 Å². The Kier molecular flexibility index (Phi) is 4.47. The number of carbonyl (C=O) groups excluding carboxylic acids is 2. The molecule has 0 N–H and O–H groups in total. The molecular weight excluding hydrogens is 274 g/mol. The third-order valence-corrected chi connectivity index (χ3v) is 2.89. The minimum absolute atomic E-state index is 0.203. The largest absolute Gasteiger partial charge is 0.454 e. The average Bonchev–Trinajstić information content (AvgIpc) is 2.91. The topological polar surface area (TPSA) is 65.1 Å². The van der Waals surface area contributed by atoms with E-state index in [2.05, 4.69) is 0 Å². The van der Waals surface area contributed by atoms with E-state index in [1.807, 2.05) is 0 Å². The van der Waals surface area contributed by atoms with Crippen molar-refractivity contribution in [1.82, 2.24) is 4.90 Å². The zero-order valence-corrected chi connectivity index (χ0v) is 12.2. The maximum absolute atomic E-state index is 11.7. The van der Waals surface area contributed by atoms with Gasteiger partial charge < -0.3 is 19.1 Å². The molecule has 1 amide bonds. The van der Waals surface area contributed by atoms with Gasteiger partial charge in [0.05, 0.1) is 0 Å². The van der Waals surface area contributed by atoms with E-state index >= 15 is 0 Å². The highest BCUT2D eigenvalue weighted by Gasteiger charge is 2.18. The number of ether oxygens (including phenoxy) is 3. The maximum Gasteiger partial charge on any atom is 0.331 e. The van der Waals surface area contributed by atoms with Crippen molar-refractivity contribution in [3.8, 4) is 11.5 Å². The highest BCUT2D eigenvalue weighted by molar-refractivity contribution is 5.90. The van der Waals surface area contributed by atoms with Crippen molar-refractivity contribution < 1.29 is 23.8 Å². The molecule has 1 atom stereocenters. The molecule has 0 saturated carbocycles. The summed E-state index contributed by atoms with van der Waals surface area (Å²) in [6, 6.07) is 5.33. The van der Waals surface area contributed by atoms with E-state index in [0.29, 0.717) is 11.5 Å². The molecule has 2 rings (SSSR count). The number of benzene rings is 1. The summed E-state index contributed by atoms with van der Waals surface area (Å²) in [6.07, 6.45) is 2.06. The van der Waals surface area contributed by atoms with Gasteiger partial charge in [-0.1, -0.05) is 6.07 Å². The molecular formula is C15H17NO5. The van der Waals surface area contributed by atoms with Crippen LogP contribution in [0.2, 0.25) is 0 Å². The molecule has 112 valence electrons. The van der Waals surface area contributed by atoms with Crippen molar-refractivity contribution in [2.75, 3.05) is 20.9 Å². The van der Waals surface area contributed by atoms with Crippen LogP contribution < -0.4 is 9.47 Å². The predicted molar refractivity (Wildman–Crippen MR) is 75.8 cm³/mol. The minimum Gasteiger partial charge on any atom is -0.454 e. The average molecular weight is 291 g/mol. The summed E-state index contributed by atoms with van der Waals surface area (Å²) < 4.78 is 15.5. The Balaban J connectivity index is 1.94. The van der Waals surface area contributed by atoms with Crippen LogP contribution in [-0.2, 0) is 14.3 Å². The standard InChI is InChI=1S/C15H17NO5/c1-10(15(18)16(2)3)21-14(17)7-5-11-4-6-12-13(8-11)20-9-19-12/h4-8,10H,9H2,1-3H3/b7-5+/t10-/m1/s1. The van der Waals surface area contributed by atoms with Crippen molar-refractivity contribution in [1.29, 1.82) is 0 Å². The molecule has 1 heterocycles. The van der Waals surface area contributed by atoms with Crippen LogP contribution in [-0.4, -0.2) is 43.8 Å². The predicted octanol–water partition coefficient (Wildman–Crippen LogP) is 1.45. The number of fused-ring (bicyclic) bond motifs is 1. The number of likely N-dealkylation sites (N-methyl/N-ethyl adjacent to an activating group) is 1. The molecule has 0 spiro atoms. The Morgan fingerprint density at radius 2 is 2.00 bits per heavy atom. The molecule has 1 aromatic rings. The monoisotopic (exact) mass is 291 g/mol. The van der Waals surface area contributed by atoms with Gasteiger partial charge in [0.1, 0.15) is 0 Å². The van der Waals surface area contributed by atoms with Gasteiger partial charge in [-0.25, -0.2) is 4.79 Å². The number of esters is 1. The van der Waals surface area contributed by atoms with Crippen LogP contribution in [0.4, 0.5) is 0 Å². The molecule has 1 aromatic carbocycles. The molecule has 1 aliphatic rings. The summed E-state index contributed by atoms with van der Waals surface area (Å²) in [6.45, 7) is 1.74. The zero-order chi connectivity index (χ0) is 15.4. The first-order valence-corrected chi connectivity index (χ1v) is 6.47. The van der Waals surface area contributed by atoms with E-state index in [1.54, 1.807) is 38.4 Å². The van der Waals surface area contributed by atoms with Crippen LogP contribution in [0.1, 0.15) is 12.5 Å². The minimum atomic E-state index is -0.811. The second-order valence-corrected chi connectivity index (χ2v) is 4.76. The molecule has 0 unspecified atom stereocenters. The van der Waals surface area contributed by atoms with Gasteiger partial charge in [-0.05, 0) is 30.7 Å². The van der Waals surface area contributed by atoms with Crippen LogP contribution in [0.15, 0.2) is 24.3 Å². The van der Waals surface area contributed by atoms with Crippen molar-refractivity contribution in [3.63, 3.8) is 0 Å². The fourth-order valence-corrected chi connectivity index (χ4v) is 1.81. The van der Waals surface area contributed by atoms with Gasteiger partial charge in [0.25, 0.3) is 5.91 Å². The van der Waals surface area contributed by atoms with E-state index in [0.717, 1.165) is 5.56 Å². The Bertz CT molecular complexity index is 579. The van der Waals surface area contributed by atoms with Gasteiger partial charge in [0.2, 0.25) is 6.79 Å². The molecule has 1 aliphatic heterocycles. The highest BCUT2D eigenvalue weighted by Crippen LogP contribution is 2.32. The van der Waals surface area contributed by atoms with Gasteiger partial charge in [0, 0.05) is 20.2 Å². The third-order valence-electron chi connectivity index (χ3n) is 2.89. The lowest BCUT2D eigenvalue weighted by Gasteiger charge is -2.16. The van der Waals surface area contributed by atoms with E-state index in [1.165, 1.54) is 17.9 Å². The van der Waals surface area contributed by atoms with Gasteiger partial charge in [-0.3, -0.25) is 4.79 Å². The van der Waals surface area contributed by atoms with Crippen LogP contribution in [0.5, 0.6) is 11.5 Å². The molecule has 0 radical (unpaired) electrons. The second kappa shape index (κ2) is 6.30. The lowest BCUT2D eigenvalue weighted by Crippen LogP contribution is -2.34. The third kappa shape index (κ3) is 3.75. The van der Waals surface area contributed by atoms with Crippen LogP contribution in [0.3, 0.4) is 0 Å². The summed E-state index contributed by atoms with van der Waals surface area (Å²) in [5, 5.41) is 0. The maximum atomic E-state index is 11.7. The second-order valence-electron chi connectivity index (χ2n) is 4.76. The van der Waals surface area contributed by atoms with Crippen molar-refractivity contribution in [2.24, 2.45) is 0 Å². The molecule has 0 aromatic heterocycles. The van der Waals surface area contributed by atoms with E-state index in [4.69, 9.17) is 14.2 Å². The Hall–Kier alpha value is -2.50. The lowest BCUT2D eigenvalue weighted by atomic mass is 10.2. The Morgan fingerprint density at radius 3 is 2.71 bits per heavy atom. The number of amides is 1. The smallest absolute Gasteiger partial charge is 0.331 e. The molecule has 6 heteroatoms. The Labute approximate surface area is 122 Å². The SMILES string of the molecule is C[C@@H](OC(=O)/C=C/c1ccc2c(c1)OCO2)C(=O)N(C)C. The Morgan fingerprint density at radius 1 is 1.29 bits per heavy atom. The molecule has 0 fully saturated rings. The normalized spacial score (nSPS) is 14.0. The summed E-state index contributed by atoms with van der Waals surface area (Å²) in [7, 11) is 3.21. The summed E-state index contributed by atoms with van der Waals surface area (Å²) in [5.41, 5.74) is 0.780. The molecule has 0 aliphatic carbocycles. The lowest BCUT2D eigenvalue weighted by molar-refractivity contribution is -0.153. The summed E-state index contributed by atoms with van der Waals surface area (Å²) in [5.74, 6) is 0.483. The van der Waals surface area contributed by atoms with Crippen LogP contribution in [0.25, 0.3) is 6.08 Å². The number of carbonyl (C=O) groups is 2. The highest BCUT2D eigenvalue weighted by atomic mass is 16.7. The first-order valence-electron chi connectivity index (χ1n) is 6.47. The summed E-state index contributed by atoms with van der Waals surface area (Å²) in [4.78, 5) is 24.6. The number of hydrogen-bond donors (Lipinski definition) is 0. The number of rotatable bonds is 4. The van der Waals surface area contributed by atoms with E-state index in [9.17, 15) is 9.59 Å². The van der Waals surface area contributed by atoms with E-state index in [-0.39, 0.29) is 12.7 Å². The fraction of sp³-hybridized carbons (Fsp3) is 0.333. The van der Waals surface area contributed by atoms with Crippen molar-refractivity contribution in [3.05, 3.63) is 29.8 Å². The van der Waals surface area contributed by atoms with Gasteiger partial charge in [0.15, 0.2) is 17.6 Å². The van der Waals surface area contributed by atoms with Crippen LogP contribution >= 0.6 is 0 Å². The quantitative estimate of drug-likeness (QED) is 0.620. The zero-order valence-electron chi connectivity index (χ0n) is 12.2. The van der Waals surface area contributed by atoms with Crippen molar-refractivity contribution >= 4 is 18.0 Å². The van der Waals surface area contributed by atoms with Crippen molar-refractivity contribution in [2.45, 2.75) is 13.0 Å². The van der Waals surface area contributed by atoms with Gasteiger partial charge >= 0.3 is 5.97 Å². The molecule has 6 nitrogen and oxygen atoms in total. The first kappa shape index (κ1) is 14.9. The van der Waals surface area contributed by atoms with Crippen LogP contribution in [0, 0.1) is 0 Å². The first-order chi connectivity index (χ1) is 9.97. The fourth-order valence-electron chi connectivity index (χ4n) is 1.81. The summed E-state index contributed by atoms with van der Waals surface area (Å²) >= 11 is 0. The molecule has 21 heavy (non-hydrogen) atoms. The number of hydrogen-bond acceptors (Lipinski definition) is 5. The molecule has 0 bridgehead atoms. The van der Waals surface area contributed by atoms with Gasteiger partial charge in [-0.2, -0.15) is 0 Å². The molecule has 0 saturated heterocycles.